The van der Waals surface area contributed by atoms with Crippen molar-refractivity contribution in [2.24, 2.45) is 7.05 Å². The topological polar surface area (TPSA) is 39.8 Å². The monoisotopic (exact) mass is 275 g/mol. The smallest absolute Gasteiger partial charge is 0.279 e. The van der Waals surface area contributed by atoms with Gasteiger partial charge < -0.3 is 0 Å². The fourth-order valence-corrected chi connectivity index (χ4v) is 2.71. The highest BCUT2D eigenvalue weighted by Crippen LogP contribution is 2.18. The Morgan fingerprint density at radius 3 is 2.48 bits per heavy atom. The van der Waals surface area contributed by atoms with Crippen molar-refractivity contribution in [3.63, 3.8) is 0 Å². The van der Waals surface area contributed by atoms with E-state index >= 15 is 0 Å². The Morgan fingerprint density at radius 2 is 1.67 bits per heavy atom. The van der Waals surface area contributed by atoms with Crippen molar-refractivity contribution in [3.8, 4) is 5.69 Å². The first-order valence-electron chi connectivity index (χ1n) is 6.78. The number of hydrogen-bond donors (Lipinski definition) is 0. The van der Waals surface area contributed by atoms with E-state index < -0.39 is 0 Å². The van der Waals surface area contributed by atoms with Gasteiger partial charge in [0.05, 0.1) is 16.7 Å². The number of hydrogen-bond acceptors (Lipinski definition) is 2. The van der Waals surface area contributed by atoms with Gasteiger partial charge in [0.25, 0.3) is 5.56 Å². The third kappa shape index (κ3) is 1.69. The Labute approximate surface area is 120 Å². The molecule has 4 rings (SSSR count). The molecule has 0 amide bonds. The highest BCUT2D eigenvalue weighted by atomic mass is 16.1. The molecule has 21 heavy (non-hydrogen) atoms. The van der Waals surface area contributed by atoms with E-state index in [1.807, 2.05) is 72.4 Å². The van der Waals surface area contributed by atoms with E-state index in [0.717, 1.165) is 22.1 Å². The summed E-state index contributed by atoms with van der Waals surface area (Å²) in [5, 5.41) is 1.03. The molecule has 0 atom stereocenters. The van der Waals surface area contributed by atoms with Crippen molar-refractivity contribution in [3.05, 3.63) is 71.0 Å². The number of rotatable bonds is 1. The van der Waals surface area contributed by atoms with Gasteiger partial charge in [-0.3, -0.25) is 9.48 Å². The lowest BCUT2D eigenvalue weighted by Gasteiger charge is -2.06. The Morgan fingerprint density at radius 1 is 0.952 bits per heavy atom. The lowest BCUT2D eigenvalue weighted by Crippen LogP contribution is -2.19. The van der Waals surface area contributed by atoms with Gasteiger partial charge in [-0.1, -0.05) is 36.4 Å². The van der Waals surface area contributed by atoms with Crippen molar-refractivity contribution in [2.45, 2.75) is 0 Å². The van der Waals surface area contributed by atoms with E-state index in [1.54, 1.807) is 4.68 Å². The standard InChI is InChI=1S/C17H13N3O/c1-19-15-11-12-7-5-6-10-14(12)18-16(15)17(21)20(19)13-8-3-2-4-9-13/h2-11H,1H3. The normalized spacial score (nSPS) is 11.3. The average Bonchev–Trinajstić information content (AvgIpc) is 2.77. The highest BCUT2D eigenvalue weighted by Gasteiger charge is 2.14. The molecular weight excluding hydrogens is 262 g/mol. The second-order valence-corrected chi connectivity index (χ2v) is 5.02. The summed E-state index contributed by atoms with van der Waals surface area (Å²) >= 11 is 0. The molecule has 4 heteroatoms. The van der Waals surface area contributed by atoms with Crippen LogP contribution in [0.4, 0.5) is 0 Å². The van der Waals surface area contributed by atoms with E-state index in [1.165, 1.54) is 0 Å². The summed E-state index contributed by atoms with van der Waals surface area (Å²) in [5.74, 6) is 0. The average molecular weight is 275 g/mol. The van der Waals surface area contributed by atoms with Crippen LogP contribution >= 0.6 is 0 Å². The molecule has 2 aromatic carbocycles. The predicted octanol–water partition coefficient (Wildman–Crippen LogP) is 2.88. The molecule has 0 unspecified atom stereocenters. The summed E-state index contributed by atoms with van der Waals surface area (Å²) < 4.78 is 3.50. The van der Waals surface area contributed by atoms with Gasteiger partial charge in [-0.25, -0.2) is 9.67 Å². The minimum absolute atomic E-state index is 0.0931. The molecule has 0 N–H and O–H groups in total. The second kappa shape index (κ2) is 4.31. The number of para-hydroxylation sites is 2. The summed E-state index contributed by atoms with van der Waals surface area (Å²) in [7, 11) is 1.88. The number of aromatic nitrogens is 3. The SMILES string of the molecule is Cn1c2cc3ccccc3nc2c(=O)n1-c1ccccc1. The van der Waals surface area contributed by atoms with Crippen molar-refractivity contribution in [1.82, 2.24) is 14.3 Å². The van der Waals surface area contributed by atoms with E-state index in [9.17, 15) is 4.79 Å². The minimum atomic E-state index is -0.0931. The lowest BCUT2D eigenvalue weighted by molar-refractivity contribution is 0.666. The molecule has 0 bridgehead atoms. The van der Waals surface area contributed by atoms with Gasteiger partial charge in [-0.05, 0) is 24.3 Å². The Balaban J connectivity index is 2.15. The van der Waals surface area contributed by atoms with E-state index in [2.05, 4.69) is 4.98 Å². The van der Waals surface area contributed by atoms with Crippen LogP contribution in [0.1, 0.15) is 0 Å². The van der Waals surface area contributed by atoms with Gasteiger partial charge in [-0.2, -0.15) is 0 Å². The Kier molecular flexibility index (Phi) is 2.44. The fourth-order valence-electron chi connectivity index (χ4n) is 2.71. The third-order valence-corrected chi connectivity index (χ3v) is 3.75. The zero-order valence-electron chi connectivity index (χ0n) is 11.5. The molecule has 0 radical (unpaired) electrons. The van der Waals surface area contributed by atoms with Crippen LogP contribution < -0.4 is 5.56 Å². The first-order chi connectivity index (χ1) is 10.3. The largest absolute Gasteiger partial charge is 0.297 e. The summed E-state index contributed by atoms with van der Waals surface area (Å²) in [5.41, 5.74) is 2.92. The van der Waals surface area contributed by atoms with Crippen LogP contribution in [0.3, 0.4) is 0 Å². The maximum atomic E-state index is 12.7. The fraction of sp³-hybridized carbons (Fsp3) is 0.0588. The van der Waals surface area contributed by atoms with Crippen LogP contribution in [0.2, 0.25) is 0 Å². The summed E-state index contributed by atoms with van der Waals surface area (Å²) in [6, 6.07) is 19.5. The molecule has 4 aromatic rings. The van der Waals surface area contributed by atoms with Crippen molar-refractivity contribution in [2.75, 3.05) is 0 Å². The molecule has 2 aromatic heterocycles. The quantitative estimate of drug-likeness (QED) is 0.536. The summed E-state index contributed by atoms with van der Waals surface area (Å²) in [6.45, 7) is 0. The molecule has 102 valence electrons. The van der Waals surface area contributed by atoms with Crippen molar-refractivity contribution < 1.29 is 0 Å². The highest BCUT2D eigenvalue weighted by molar-refractivity contribution is 5.90. The molecule has 0 saturated carbocycles. The first-order valence-corrected chi connectivity index (χ1v) is 6.78. The Bertz CT molecular complexity index is 1010. The van der Waals surface area contributed by atoms with E-state index in [4.69, 9.17) is 0 Å². The zero-order chi connectivity index (χ0) is 14.4. The van der Waals surface area contributed by atoms with Gasteiger partial charge in [0, 0.05) is 12.4 Å². The van der Waals surface area contributed by atoms with Crippen LogP contribution in [-0.2, 0) is 7.05 Å². The first kappa shape index (κ1) is 11.9. The van der Waals surface area contributed by atoms with Gasteiger partial charge in [-0.15, -0.1) is 0 Å². The maximum Gasteiger partial charge on any atom is 0.297 e. The predicted molar refractivity (Wildman–Crippen MR) is 83.8 cm³/mol. The molecular formula is C17H13N3O. The zero-order valence-corrected chi connectivity index (χ0v) is 11.5. The Hall–Kier alpha value is -2.88. The summed E-state index contributed by atoms with van der Waals surface area (Å²) in [6.07, 6.45) is 0. The van der Waals surface area contributed by atoms with Crippen LogP contribution in [0.5, 0.6) is 0 Å². The molecule has 0 fully saturated rings. The minimum Gasteiger partial charge on any atom is -0.279 e. The van der Waals surface area contributed by atoms with Crippen LogP contribution in [0.25, 0.3) is 27.6 Å². The van der Waals surface area contributed by atoms with E-state index in [-0.39, 0.29) is 5.56 Å². The van der Waals surface area contributed by atoms with E-state index in [0.29, 0.717) is 5.52 Å². The second-order valence-electron chi connectivity index (χ2n) is 5.02. The number of benzene rings is 2. The number of aryl methyl sites for hydroxylation is 1. The van der Waals surface area contributed by atoms with Gasteiger partial charge in [0.1, 0.15) is 0 Å². The number of nitrogens with zero attached hydrogens (tertiary/aromatic N) is 3. The number of pyridine rings is 1. The third-order valence-electron chi connectivity index (χ3n) is 3.75. The number of fused-ring (bicyclic) bond motifs is 2. The molecule has 0 spiro atoms. The van der Waals surface area contributed by atoms with Gasteiger partial charge >= 0.3 is 0 Å². The summed E-state index contributed by atoms with van der Waals surface area (Å²) in [4.78, 5) is 17.2. The molecule has 0 saturated heterocycles. The maximum absolute atomic E-state index is 12.7. The van der Waals surface area contributed by atoms with Crippen LogP contribution in [0.15, 0.2) is 65.5 Å². The van der Waals surface area contributed by atoms with Crippen LogP contribution in [-0.4, -0.2) is 14.3 Å². The molecule has 0 aliphatic rings. The molecule has 2 heterocycles. The van der Waals surface area contributed by atoms with Gasteiger partial charge in [0.2, 0.25) is 0 Å². The molecule has 0 aliphatic heterocycles. The molecule has 0 aliphatic carbocycles. The van der Waals surface area contributed by atoms with Crippen molar-refractivity contribution in [1.29, 1.82) is 0 Å². The van der Waals surface area contributed by atoms with Crippen molar-refractivity contribution >= 4 is 21.9 Å². The van der Waals surface area contributed by atoms with Gasteiger partial charge in [0.15, 0.2) is 5.52 Å². The van der Waals surface area contributed by atoms with Crippen LogP contribution in [0, 0.1) is 0 Å². The molecule has 4 nitrogen and oxygen atoms in total. The lowest BCUT2D eigenvalue weighted by atomic mass is 10.2.